The summed E-state index contributed by atoms with van der Waals surface area (Å²) >= 11 is 5.04. The van der Waals surface area contributed by atoms with Gasteiger partial charge in [-0.2, -0.15) is 5.10 Å². The van der Waals surface area contributed by atoms with E-state index in [1.807, 2.05) is 44.3 Å². The topological polar surface area (TPSA) is 43.8 Å². The van der Waals surface area contributed by atoms with E-state index in [-0.39, 0.29) is 0 Å². The van der Waals surface area contributed by atoms with E-state index in [4.69, 9.17) is 18.0 Å². The van der Waals surface area contributed by atoms with Crippen LogP contribution in [0.2, 0.25) is 0 Å². The molecule has 1 aromatic heterocycles. The third-order valence-electron chi connectivity index (χ3n) is 2.39. The van der Waals surface area contributed by atoms with E-state index in [2.05, 4.69) is 5.10 Å². The predicted octanol–water partition coefficient (Wildman–Crippen LogP) is 2.12. The Hall–Kier alpha value is -1.68. The second kappa shape index (κ2) is 4.06. The highest BCUT2D eigenvalue weighted by Gasteiger charge is 2.08. The monoisotopic (exact) mass is 231 g/mol. The van der Waals surface area contributed by atoms with Crippen LogP contribution in [-0.4, -0.2) is 14.8 Å². The summed E-state index contributed by atoms with van der Waals surface area (Å²) in [6, 6.07) is 7.91. The Morgan fingerprint density at radius 1 is 1.31 bits per heavy atom. The van der Waals surface area contributed by atoms with Gasteiger partial charge in [-0.05, 0) is 37.6 Å². The van der Waals surface area contributed by atoms with Gasteiger partial charge in [0.25, 0.3) is 0 Å². The molecule has 4 heteroatoms. The molecule has 2 aromatic rings. The van der Waals surface area contributed by atoms with Crippen LogP contribution in [0.3, 0.4) is 0 Å². The molecule has 82 valence electrons. The molecule has 1 aromatic carbocycles. The fraction of sp³-hybridized carbons (Fsp3) is 0.167. The second-order valence-electron chi connectivity index (χ2n) is 3.79. The molecule has 2 N–H and O–H groups in total. The molecule has 0 bridgehead atoms. The van der Waals surface area contributed by atoms with Gasteiger partial charge >= 0.3 is 0 Å². The summed E-state index contributed by atoms with van der Waals surface area (Å²) in [5.41, 5.74) is 9.60. The van der Waals surface area contributed by atoms with E-state index in [9.17, 15) is 0 Å². The second-order valence-corrected chi connectivity index (χ2v) is 4.23. The van der Waals surface area contributed by atoms with Crippen LogP contribution in [0.15, 0.2) is 30.5 Å². The van der Waals surface area contributed by atoms with E-state index < -0.39 is 0 Å². The van der Waals surface area contributed by atoms with Gasteiger partial charge in [-0.25, -0.2) is 4.68 Å². The minimum atomic E-state index is 0.392. The minimum absolute atomic E-state index is 0.392. The molecule has 0 atom stereocenters. The van der Waals surface area contributed by atoms with Crippen LogP contribution in [-0.2, 0) is 0 Å². The molecule has 0 aliphatic rings. The number of thiocarbonyl (C=S) groups is 1. The van der Waals surface area contributed by atoms with Crippen LogP contribution in [0.1, 0.15) is 16.8 Å². The Labute approximate surface area is 99.9 Å². The lowest BCUT2D eigenvalue weighted by Crippen LogP contribution is -2.13. The van der Waals surface area contributed by atoms with Crippen molar-refractivity contribution in [2.75, 3.05) is 0 Å². The molecule has 0 saturated carbocycles. The third-order valence-corrected chi connectivity index (χ3v) is 2.61. The predicted molar refractivity (Wildman–Crippen MR) is 68.9 cm³/mol. The standard InChI is InChI=1S/C12H13N3S/c1-8-3-4-10(12(13)16)11(7-8)15-6-5-9(2)14-15/h3-7H,1-2H3,(H2,13,16). The number of hydrogen-bond acceptors (Lipinski definition) is 2. The third kappa shape index (κ3) is 1.97. The largest absolute Gasteiger partial charge is 0.389 e. The van der Waals surface area contributed by atoms with Gasteiger partial charge in [0.1, 0.15) is 4.99 Å². The highest BCUT2D eigenvalue weighted by molar-refractivity contribution is 7.80. The van der Waals surface area contributed by atoms with Gasteiger partial charge in [0, 0.05) is 11.8 Å². The van der Waals surface area contributed by atoms with Gasteiger partial charge in [0.2, 0.25) is 0 Å². The number of hydrogen-bond donors (Lipinski definition) is 1. The number of aromatic nitrogens is 2. The Morgan fingerprint density at radius 3 is 2.62 bits per heavy atom. The first kappa shape index (κ1) is 10.8. The molecule has 1 heterocycles. The SMILES string of the molecule is Cc1ccc(C(N)=S)c(-n2ccc(C)n2)c1. The number of nitrogens with zero attached hydrogens (tertiary/aromatic N) is 2. The maximum Gasteiger partial charge on any atom is 0.106 e. The summed E-state index contributed by atoms with van der Waals surface area (Å²) in [6.45, 7) is 3.98. The van der Waals surface area contributed by atoms with E-state index in [0.717, 1.165) is 22.5 Å². The first-order chi connectivity index (χ1) is 7.58. The molecule has 2 rings (SSSR count). The van der Waals surface area contributed by atoms with E-state index >= 15 is 0 Å². The first-order valence-electron chi connectivity index (χ1n) is 5.01. The maximum atomic E-state index is 5.70. The summed E-state index contributed by atoms with van der Waals surface area (Å²) in [5.74, 6) is 0. The van der Waals surface area contributed by atoms with E-state index in [1.165, 1.54) is 0 Å². The normalized spacial score (nSPS) is 10.4. The van der Waals surface area contributed by atoms with E-state index in [1.54, 1.807) is 4.68 Å². The Kier molecular flexibility index (Phi) is 2.75. The van der Waals surface area contributed by atoms with Crippen LogP contribution < -0.4 is 5.73 Å². The van der Waals surface area contributed by atoms with Crippen molar-refractivity contribution in [1.29, 1.82) is 0 Å². The van der Waals surface area contributed by atoms with Crippen molar-refractivity contribution in [3.8, 4) is 5.69 Å². The summed E-state index contributed by atoms with van der Waals surface area (Å²) in [4.78, 5) is 0.392. The fourth-order valence-electron chi connectivity index (χ4n) is 1.59. The summed E-state index contributed by atoms with van der Waals surface area (Å²) in [6.07, 6.45) is 1.91. The molecule has 0 aliphatic carbocycles. The van der Waals surface area contributed by atoms with Gasteiger partial charge in [-0.1, -0.05) is 18.3 Å². The zero-order valence-electron chi connectivity index (χ0n) is 9.27. The number of rotatable bonds is 2. The Balaban J connectivity index is 2.62. The lowest BCUT2D eigenvalue weighted by atomic mass is 10.1. The average molecular weight is 231 g/mol. The van der Waals surface area contributed by atoms with Crippen molar-refractivity contribution in [3.05, 3.63) is 47.3 Å². The average Bonchev–Trinajstić information content (AvgIpc) is 2.64. The molecule has 0 saturated heterocycles. The molecule has 0 amide bonds. The van der Waals surface area contributed by atoms with Gasteiger partial charge in [0.15, 0.2) is 0 Å². The molecule has 0 unspecified atom stereocenters. The zero-order chi connectivity index (χ0) is 11.7. The van der Waals surface area contributed by atoms with Crippen LogP contribution >= 0.6 is 12.2 Å². The molecule has 0 aliphatic heterocycles. The fourth-order valence-corrected chi connectivity index (χ4v) is 1.76. The lowest BCUT2D eigenvalue weighted by Gasteiger charge is -2.09. The highest BCUT2D eigenvalue weighted by Crippen LogP contribution is 2.16. The number of benzene rings is 1. The smallest absolute Gasteiger partial charge is 0.106 e. The Bertz CT molecular complexity index is 543. The quantitative estimate of drug-likeness (QED) is 0.805. The summed E-state index contributed by atoms with van der Waals surface area (Å²) in [7, 11) is 0. The molecule has 0 spiro atoms. The summed E-state index contributed by atoms with van der Waals surface area (Å²) in [5, 5.41) is 4.37. The van der Waals surface area contributed by atoms with Crippen LogP contribution in [0.25, 0.3) is 5.69 Å². The van der Waals surface area contributed by atoms with Crippen molar-refractivity contribution < 1.29 is 0 Å². The minimum Gasteiger partial charge on any atom is -0.389 e. The molecule has 3 nitrogen and oxygen atoms in total. The van der Waals surface area contributed by atoms with Crippen molar-refractivity contribution in [1.82, 2.24) is 9.78 Å². The molecule has 0 radical (unpaired) electrons. The number of aryl methyl sites for hydroxylation is 2. The van der Waals surface area contributed by atoms with Crippen molar-refractivity contribution in [2.24, 2.45) is 5.73 Å². The first-order valence-corrected chi connectivity index (χ1v) is 5.42. The van der Waals surface area contributed by atoms with Crippen LogP contribution in [0, 0.1) is 13.8 Å². The van der Waals surface area contributed by atoms with Gasteiger partial charge < -0.3 is 5.73 Å². The number of nitrogens with two attached hydrogens (primary N) is 1. The van der Waals surface area contributed by atoms with Gasteiger partial charge in [-0.15, -0.1) is 0 Å². The Morgan fingerprint density at radius 2 is 2.06 bits per heavy atom. The van der Waals surface area contributed by atoms with Crippen molar-refractivity contribution >= 4 is 17.2 Å². The molecular formula is C12H13N3S. The van der Waals surface area contributed by atoms with Crippen molar-refractivity contribution in [3.63, 3.8) is 0 Å². The van der Waals surface area contributed by atoms with Gasteiger partial charge in [-0.3, -0.25) is 0 Å². The highest BCUT2D eigenvalue weighted by atomic mass is 32.1. The van der Waals surface area contributed by atoms with Crippen LogP contribution in [0.4, 0.5) is 0 Å². The lowest BCUT2D eigenvalue weighted by molar-refractivity contribution is 0.860. The van der Waals surface area contributed by atoms with Gasteiger partial charge in [0.05, 0.1) is 11.4 Å². The molecular weight excluding hydrogens is 218 g/mol. The van der Waals surface area contributed by atoms with E-state index in [0.29, 0.717) is 4.99 Å². The van der Waals surface area contributed by atoms with Crippen LogP contribution in [0.5, 0.6) is 0 Å². The molecule has 0 fully saturated rings. The maximum absolute atomic E-state index is 5.70. The molecule has 16 heavy (non-hydrogen) atoms. The summed E-state index contributed by atoms with van der Waals surface area (Å²) < 4.78 is 1.80. The zero-order valence-corrected chi connectivity index (χ0v) is 10.1. The van der Waals surface area contributed by atoms with Crippen molar-refractivity contribution in [2.45, 2.75) is 13.8 Å².